The van der Waals surface area contributed by atoms with Gasteiger partial charge in [0.1, 0.15) is 0 Å². The smallest absolute Gasteiger partial charge is 0.251 e. The first-order valence-corrected chi connectivity index (χ1v) is 18.4. The van der Waals surface area contributed by atoms with Gasteiger partial charge in [-0.3, -0.25) is 18.2 Å². The Kier molecular flexibility index (Phi) is 11.3. The van der Waals surface area contributed by atoms with Gasteiger partial charge in [0, 0.05) is 43.7 Å². The number of hydrogen-bond acceptors (Lipinski definition) is 9. The zero-order valence-corrected chi connectivity index (χ0v) is 27.1. The minimum atomic E-state index is -3.36. The molecule has 1 aliphatic rings. The summed E-state index contributed by atoms with van der Waals surface area (Å²) < 4.78 is 47.2. The number of nitrogens with one attached hydrogen (secondary N) is 3. The van der Waals surface area contributed by atoms with Crippen LogP contribution in [-0.2, 0) is 22.8 Å². The molecule has 1 saturated heterocycles. The van der Waals surface area contributed by atoms with Crippen LogP contribution in [-0.4, -0.2) is 72.3 Å². The van der Waals surface area contributed by atoms with Crippen molar-refractivity contribution in [3.05, 3.63) is 89.0 Å². The predicted molar refractivity (Wildman–Crippen MR) is 178 cm³/mol. The number of nitrogens with zero attached hydrogens (tertiary/aromatic N) is 1. The molecule has 0 saturated carbocycles. The van der Waals surface area contributed by atoms with Crippen LogP contribution in [0.15, 0.2) is 71.6 Å². The van der Waals surface area contributed by atoms with Crippen LogP contribution in [0.1, 0.15) is 46.8 Å². The zero-order valence-electron chi connectivity index (χ0n) is 25.5. The van der Waals surface area contributed by atoms with Crippen LogP contribution < -0.4 is 20.3 Å². The summed E-state index contributed by atoms with van der Waals surface area (Å²) in [6.07, 6.45) is 2.14. The van der Waals surface area contributed by atoms with Gasteiger partial charge < -0.3 is 21.1 Å². The normalized spacial score (nSPS) is 17.0. The molecule has 1 heterocycles. The van der Waals surface area contributed by atoms with Crippen molar-refractivity contribution in [3.63, 3.8) is 0 Å². The summed E-state index contributed by atoms with van der Waals surface area (Å²) in [4.78, 5) is 13.9. The van der Waals surface area contributed by atoms with Gasteiger partial charge in [0.05, 0.1) is 28.5 Å². The number of aryl methyl sites for hydroxylation is 1. The largest absolute Gasteiger partial charge is 0.390 e. The molecule has 1 fully saturated rings. The second-order valence-electron chi connectivity index (χ2n) is 11.3. The number of rotatable bonds is 13. The van der Waals surface area contributed by atoms with E-state index in [9.17, 15) is 27.4 Å². The number of aliphatic hydroxyl groups excluding tert-OH is 1. The first kappa shape index (κ1) is 33.8. The second kappa shape index (κ2) is 14.8. The number of benzene rings is 3. The fourth-order valence-electron chi connectivity index (χ4n) is 5.35. The van der Waals surface area contributed by atoms with Gasteiger partial charge in [0.25, 0.3) is 5.91 Å². The third kappa shape index (κ3) is 9.19. The standard InChI is InChI=1S/C32H44N4O6S2/c1-4-34-27-18-26(19-28(20-27)36-12-8-9-13-44(36,41)42)32(38)35-30(17-24-10-6-5-7-11-24)31(37)22-33-21-25-14-23(2)15-29(16-25)43(3,39)40/h5-7,10-11,14-16,18-20,30-31,33-34,37,41-42H,4,8-9,12-13,17,21-22H2,1-3H3,(H,35,38)/t30-,31-/m0/s1. The molecule has 4 rings (SSSR count). The van der Waals surface area contributed by atoms with Gasteiger partial charge in [0.2, 0.25) is 0 Å². The summed E-state index contributed by atoms with van der Waals surface area (Å²) in [5, 5.41) is 20.7. The number of sulfone groups is 1. The van der Waals surface area contributed by atoms with E-state index in [2.05, 4.69) is 16.0 Å². The van der Waals surface area contributed by atoms with Crippen LogP contribution in [0.4, 0.5) is 11.4 Å². The van der Waals surface area contributed by atoms with Crippen LogP contribution in [0.25, 0.3) is 0 Å². The summed E-state index contributed by atoms with van der Waals surface area (Å²) in [5.41, 5.74) is 4.12. The SMILES string of the molecule is CCNc1cc(C(=O)N[C@@H](Cc2ccccc2)[C@@H](O)CNCc2cc(C)cc(S(C)(=O)=O)c2)cc(N2CCCCS2(O)O)c1. The van der Waals surface area contributed by atoms with Gasteiger partial charge >= 0.3 is 0 Å². The van der Waals surface area contributed by atoms with E-state index < -0.39 is 38.7 Å². The van der Waals surface area contributed by atoms with Gasteiger partial charge in [-0.05, 0) is 80.1 Å². The molecule has 240 valence electrons. The molecule has 0 aliphatic carbocycles. The Morgan fingerprint density at radius 3 is 2.45 bits per heavy atom. The van der Waals surface area contributed by atoms with Crippen molar-refractivity contribution in [3.8, 4) is 0 Å². The zero-order chi connectivity index (χ0) is 31.9. The van der Waals surface area contributed by atoms with Crippen LogP contribution in [0.3, 0.4) is 0 Å². The van der Waals surface area contributed by atoms with Crippen LogP contribution in [0, 0.1) is 6.92 Å². The number of hydrogen-bond donors (Lipinski definition) is 6. The lowest BCUT2D eigenvalue weighted by Gasteiger charge is -2.47. The highest BCUT2D eigenvalue weighted by Crippen LogP contribution is 2.50. The predicted octanol–water partition coefficient (Wildman–Crippen LogP) is 4.59. The number of aliphatic hydroxyl groups is 1. The van der Waals surface area contributed by atoms with Crippen molar-refractivity contribution in [1.82, 2.24) is 10.6 Å². The first-order chi connectivity index (χ1) is 20.9. The van der Waals surface area contributed by atoms with E-state index in [1.807, 2.05) is 56.3 Å². The van der Waals surface area contributed by atoms with Crippen LogP contribution >= 0.6 is 10.8 Å². The first-order valence-electron chi connectivity index (χ1n) is 14.8. The van der Waals surface area contributed by atoms with Crippen LogP contribution in [0.5, 0.6) is 0 Å². The molecule has 1 amide bonds. The molecule has 2 atom stereocenters. The number of anilines is 2. The molecule has 3 aromatic rings. The van der Waals surface area contributed by atoms with Gasteiger partial charge in [0.15, 0.2) is 9.84 Å². The molecular weight excluding hydrogens is 601 g/mol. The Morgan fingerprint density at radius 2 is 1.77 bits per heavy atom. The van der Waals surface area contributed by atoms with Crippen molar-refractivity contribution >= 4 is 37.9 Å². The molecule has 0 bridgehead atoms. The van der Waals surface area contributed by atoms with Gasteiger partial charge in [-0.1, -0.05) is 36.4 Å². The number of carbonyl (C=O) groups is 1. The summed E-state index contributed by atoms with van der Waals surface area (Å²) in [6.45, 7) is 5.36. The molecule has 0 spiro atoms. The Morgan fingerprint density at radius 1 is 1.02 bits per heavy atom. The van der Waals surface area contributed by atoms with E-state index >= 15 is 0 Å². The van der Waals surface area contributed by atoms with Crippen LogP contribution in [0.2, 0.25) is 0 Å². The topological polar surface area (TPSA) is 151 Å². The van der Waals surface area contributed by atoms with E-state index in [0.29, 0.717) is 43.0 Å². The molecule has 0 radical (unpaired) electrons. The Hall–Kier alpha value is -3.13. The van der Waals surface area contributed by atoms with Gasteiger partial charge in [-0.15, -0.1) is 10.8 Å². The number of amides is 1. The van der Waals surface area contributed by atoms with Crippen molar-refractivity contribution in [1.29, 1.82) is 0 Å². The quantitative estimate of drug-likeness (QED) is 0.157. The Labute approximate surface area is 262 Å². The second-order valence-corrected chi connectivity index (χ2v) is 15.5. The highest BCUT2D eigenvalue weighted by molar-refractivity contribution is 8.25. The molecule has 1 aliphatic heterocycles. The Bertz CT molecular complexity index is 1530. The molecule has 44 heavy (non-hydrogen) atoms. The van der Waals surface area contributed by atoms with Gasteiger partial charge in [-0.25, -0.2) is 8.42 Å². The number of carbonyl (C=O) groups excluding carboxylic acids is 1. The maximum Gasteiger partial charge on any atom is 0.251 e. The van der Waals surface area contributed by atoms with Crippen molar-refractivity contribution in [2.45, 2.75) is 56.7 Å². The van der Waals surface area contributed by atoms with Crippen molar-refractivity contribution < 1.29 is 27.4 Å². The molecular formula is C32H44N4O6S2. The molecule has 10 nitrogen and oxygen atoms in total. The third-order valence-electron chi connectivity index (χ3n) is 7.53. The summed E-state index contributed by atoms with van der Waals surface area (Å²) in [7, 11) is -6.34. The maximum atomic E-state index is 13.7. The average molecular weight is 645 g/mol. The third-order valence-corrected chi connectivity index (χ3v) is 10.6. The minimum absolute atomic E-state index is 0.150. The summed E-state index contributed by atoms with van der Waals surface area (Å²) in [6, 6.07) is 19.3. The highest BCUT2D eigenvalue weighted by atomic mass is 32.3. The van der Waals surface area contributed by atoms with E-state index in [4.69, 9.17) is 0 Å². The summed E-state index contributed by atoms with van der Waals surface area (Å²) >= 11 is 0. The van der Waals surface area contributed by atoms with E-state index in [1.54, 1.807) is 28.6 Å². The van der Waals surface area contributed by atoms with E-state index in [0.717, 1.165) is 29.5 Å². The molecule has 0 aromatic heterocycles. The lowest BCUT2D eigenvalue weighted by atomic mass is 10.00. The fourth-order valence-corrected chi connectivity index (χ4v) is 7.79. The lowest BCUT2D eigenvalue weighted by Crippen LogP contribution is -2.48. The summed E-state index contributed by atoms with van der Waals surface area (Å²) in [5.74, 6) is -0.105. The monoisotopic (exact) mass is 644 g/mol. The molecule has 0 unspecified atom stereocenters. The van der Waals surface area contributed by atoms with Gasteiger partial charge in [-0.2, -0.15) is 0 Å². The lowest BCUT2D eigenvalue weighted by molar-refractivity contribution is 0.0830. The van der Waals surface area contributed by atoms with E-state index in [-0.39, 0.29) is 17.2 Å². The van der Waals surface area contributed by atoms with E-state index in [1.165, 1.54) is 6.26 Å². The minimum Gasteiger partial charge on any atom is -0.390 e. The average Bonchev–Trinajstić information content (AvgIpc) is 2.96. The van der Waals surface area contributed by atoms with Crippen molar-refractivity contribution in [2.75, 3.05) is 41.3 Å². The molecule has 6 N–H and O–H groups in total. The Balaban J connectivity index is 1.53. The molecule has 12 heteroatoms. The molecule has 3 aromatic carbocycles. The fraction of sp³-hybridized carbons (Fsp3) is 0.406. The van der Waals surface area contributed by atoms with Crippen molar-refractivity contribution in [2.24, 2.45) is 0 Å². The maximum absolute atomic E-state index is 13.7. The highest BCUT2D eigenvalue weighted by Gasteiger charge is 2.28.